The number of carbonyl (C=O) groups is 2. The number of aliphatic hydroxyl groups is 2. The van der Waals surface area contributed by atoms with E-state index < -0.39 is 53.4 Å². The lowest BCUT2D eigenvalue weighted by Crippen LogP contribution is -2.62. The number of rotatable bonds is 7. The molecular formula is C26H35ClO7. The summed E-state index contributed by atoms with van der Waals surface area (Å²) in [6.45, 7) is 7.45. The van der Waals surface area contributed by atoms with Crippen molar-refractivity contribution in [1.82, 2.24) is 0 Å². The third kappa shape index (κ3) is 4.04. The van der Waals surface area contributed by atoms with E-state index in [9.17, 15) is 19.8 Å². The van der Waals surface area contributed by atoms with E-state index in [1.54, 1.807) is 24.3 Å². The highest BCUT2D eigenvalue weighted by atomic mass is 35.5. The standard InChI is InChI=1S/C26H35ClO7/c1-14(2)26-12-18(32-19(29)13-28)25(4,34-26)17-11-10-15(3)20(17)23(26)33-24(31)21(27)22(30)16-8-6-5-7-9-16/h5-9,14-15,17-18,20-23,28,30H,10-13H2,1-4H3/t15-,17+,18-,20-,21-,22-,23+,25+,26-/m1/s1. The third-order valence-corrected chi connectivity index (χ3v) is 8.86. The van der Waals surface area contributed by atoms with Crippen LogP contribution in [0.3, 0.4) is 0 Å². The summed E-state index contributed by atoms with van der Waals surface area (Å²) in [5.74, 6) is -1.15. The van der Waals surface area contributed by atoms with E-state index in [2.05, 4.69) is 6.92 Å². The molecular weight excluding hydrogens is 460 g/mol. The Balaban J connectivity index is 1.66. The average Bonchev–Trinajstić information content (AvgIpc) is 3.34. The van der Waals surface area contributed by atoms with Gasteiger partial charge in [-0.1, -0.05) is 51.1 Å². The number of carbonyl (C=O) groups excluding carboxylic acids is 2. The molecule has 2 saturated heterocycles. The molecule has 8 heteroatoms. The number of halogens is 1. The van der Waals surface area contributed by atoms with Gasteiger partial charge in [0.2, 0.25) is 0 Å². The molecule has 34 heavy (non-hydrogen) atoms. The first-order valence-corrected chi connectivity index (χ1v) is 12.6. The molecule has 0 amide bonds. The fourth-order valence-corrected chi connectivity index (χ4v) is 6.78. The predicted molar refractivity (Wildman–Crippen MR) is 125 cm³/mol. The molecule has 3 aliphatic rings. The summed E-state index contributed by atoms with van der Waals surface area (Å²) in [5, 5.41) is 18.7. The van der Waals surface area contributed by atoms with E-state index in [1.807, 2.05) is 26.8 Å². The zero-order valence-electron chi connectivity index (χ0n) is 20.1. The molecule has 7 nitrogen and oxygen atoms in total. The molecule has 1 saturated carbocycles. The van der Waals surface area contributed by atoms with E-state index in [-0.39, 0.29) is 23.7 Å². The summed E-state index contributed by atoms with van der Waals surface area (Å²) in [4.78, 5) is 25.3. The topological polar surface area (TPSA) is 102 Å². The van der Waals surface area contributed by atoms with Gasteiger partial charge in [0.15, 0.2) is 5.38 Å². The summed E-state index contributed by atoms with van der Waals surface area (Å²) in [7, 11) is 0. The zero-order valence-corrected chi connectivity index (χ0v) is 20.9. The molecule has 188 valence electrons. The molecule has 2 aliphatic heterocycles. The van der Waals surface area contributed by atoms with Crippen molar-refractivity contribution in [3.63, 3.8) is 0 Å². The Kier molecular flexibility index (Phi) is 7.04. The second-order valence-corrected chi connectivity index (χ2v) is 11.1. The van der Waals surface area contributed by atoms with Gasteiger partial charge in [-0.2, -0.15) is 0 Å². The predicted octanol–water partition coefficient (Wildman–Crippen LogP) is 3.39. The number of alkyl halides is 1. The maximum Gasteiger partial charge on any atom is 0.332 e. The third-order valence-electron chi connectivity index (χ3n) is 8.44. The van der Waals surface area contributed by atoms with Crippen molar-refractivity contribution in [3.05, 3.63) is 35.9 Å². The Hall–Kier alpha value is -1.67. The molecule has 9 atom stereocenters. The van der Waals surface area contributed by atoms with Crippen molar-refractivity contribution in [2.24, 2.45) is 23.7 Å². The van der Waals surface area contributed by atoms with Crippen LogP contribution in [0, 0.1) is 23.7 Å². The lowest BCUT2D eigenvalue weighted by atomic mass is 9.69. The maximum atomic E-state index is 13.3. The first-order chi connectivity index (χ1) is 16.0. The highest BCUT2D eigenvalue weighted by molar-refractivity contribution is 6.30. The van der Waals surface area contributed by atoms with E-state index in [0.29, 0.717) is 12.0 Å². The van der Waals surface area contributed by atoms with Gasteiger partial charge in [-0.3, -0.25) is 4.79 Å². The molecule has 0 unspecified atom stereocenters. The highest BCUT2D eigenvalue weighted by Gasteiger charge is 2.72. The van der Waals surface area contributed by atoms with Gasteiger partial charge >= 0.3 is 11.9 Å². The second kappa shape index (κ2) is 9.41. The number of esters is 2. The molecule has 0 aromatic heterocycles. The van der Waals surface area contributed by atoms with Crippen LogP contribution in [0.2, 0.25) is 0 Å². The smallest absolute Gasteiger partial charge is 0.332 e. The van der Waals surface area contributed by atoms with E-state index in [4.69, 9.17) is 25.8 Å². The van der Waals surface area contributed by atoms with Crippen LogP contribution in [0.25, 0.3) is 0 Å². The quantitative estimate of drug-likeness (QED) is 0.442. The SMILES string of the molecule is CC(C)[C@@]12C[C@@H](OC(=O)CO)[C@@](C)(O1)[C@H]1CC[C@@H](C)[C@H]1[C@@H]2OC(=O)[C@H](Cl)[C@H](O)c1ccccc1. The van der Waals surface area contributed by atoms with Crippen LogP contribution in [0.5, 0.6) is 0 Å². The monoisotopic (exact) mass is 494 g/mol. The average molecular weight is 495 g/mol. The molecule has 2 N–H and O–H groups in total. The first kappa shape index (κ1) is 25.4. The van der Waals surface area contributed by atoms with Crippen LogP contribution >= 0.6 is 11.6 Å². The van der Waals surface area contributed by atoms with Crippen LogP contribution in [0.1, 0.15) is 58.6 Å². The van der Waals surface area contributed by atoms with Gasteiger partial charge in [-0.15, -0.1) is 11.6 Å². The number of ether oxygens (including phenoxy) is 3. The summed E-state index contributed by atoms with van der Waals surface area (Å²) >= 11 is 6.42. The van der Waals surface area contributed by atoms with Crippen molar-refractivity contribution < 1.29 is 34.0 Å². The van der Waals surface area contributed by atoms with Crippen LogP contribution in [0.15, 0.2) is 30.3 Å². The van der Waals surface area contributed by atoms with E-state index in [1.165, 1.54) is 0 Å². The van der Waals surface area contributed by atoms with Gasteiger partial charge < -0.3 is 24.4 Å². The lowest BCUT2D eigenvalue weighted by Gasteiger charge is -2.53. The minimum atomic E-state index is -1.28. The number of aliphatic hydroxyl groups excluding tert-OH is 2. The van der Waals surface area contributed by atoms with Crippen molar-refractivity contribution in [3.8, 4) is 0 Å². The van der Waals surface area contributed by atoms with Gasteiger partial charge in [-0.25, -0.2) is 4.79 Å². The van der Waals surface area contributed by atoms with Crippen molar-refractivity contribution >= 4 is 23.5 Å². The Morgan fingerprint density at radius 3 is 2.50 bits per heavy atom. The molecule has 0 radical (unpaired) electrons. The number of fused-ring (bicyclic) bond motifs is 4. The van der Waals surface area contributed by atoms with Crippen LogP contribution in [-0.2, 0) is 23.8 Å². The Labute approximate surface area is 205 Å². The van der Waals surface area contributed by atoms with E-state index in [0.717, 1.165) is 12.8 Å². The second-order valence-electron chi connectivity index (χ2n) is 10.6. The molecule has 2 heterocycles. The molecule has 2 bridgehead atoms. The van der Waals surface area contributed by atoms with Crippen LogP contribution in [-0.4, -0.2) is 57.5 Å². The Morgan fingerprint density at radius 1 is 1.21 bits per heavy atom. The fraction of sp³-hybridized carbons (Fsp3) is 0.692. The highest BCUT2D eigenvalue weighted by Crippen LogP contribution is 2.63. The first-order valence-electron chi connectivity index (χ1n) is 12.1. The summed E-state index contributed by atoms with van der Waals surface area (Å²) in [6, 6.07) is 8.79. The van der Waals surface area contributed by atoms with Gasteiger partial charge in [0.1, 0.15) is 36.1 Å². The summed E-state index contributed by atoms with van der Waals surface area (Å²) in [5.41, 5.74) is -1.08. The normalized spacial score (nSPS) is 38.3. The minimum absolute atomic E-state index is 0.000614. The van der Waals surface area contributed by atoms with Crippen molar-refractivity contribution in [1.29, 1.82) is 0 Å². The molecule has 1 aromatic rings. The molecule has 4 rings (SSSR count). The van der Waals surface area contributed by atoms with E-state index >= 15 is 0 Å². The van der Waals surface area contributed by atoms with Crippen molar-refractivity contribution in [2.45, 2.75) is 81.8 Å². The summed E-state index contributed by atoms with van der Waals surface area (Å²) < 4.78 is 18.6. The Bertz CT molecular complexity index is 908. The minimum Gasteiger partial charge on any atom is -0.458 e. The van der Waals surface area contributed by atoms with Gasteiger partial charge in [0.05, 0.1) is 0 Å². The molecule has 3 fully saturated rings. The van der Waals surface area contributed by atoms with Gasteiger partial charge in [0.25, 0.3) is 0 Å². The molecule has 1 aliphatic carbocycles. The lowest BCUT2D eigenvalue weighted by molar-refractivity contribution is -0.266. The number of hydrogen-bond donors (Lipinski definition) is 2. The maximum absolute atomic E-state index is 13.3. The summed E-state index contributed by atoms with van der Waals surface area (Å²) in [6.07, 6.45) is -0.212. The molecule has 1 aromatic carbocycles. The number of hydrogen-bond acceptors (Lipinski definition) is 7. The van der Waals surface area contributed by atoms with Crippen molar-refractivity contribution in [2.75, 3.05) is 6.61 Å². The fourth-order valence-electron chi connectivity index (χ4n) is 6.58. The largest absolute Gasteiger partial charge is 0.458 e. The van der Waals surface area contributed by atoms with Crippen LogP contribution in [0.4, 0.5) is 0 Å². The number of benzene rings is 1. The van der Waals surface area contributed by atoms with Gasteiger partial charge in [0, 0.05) is 12.3 Å². The van der Waals surface area contributed by atoms with Gasteiger partial charge in [-0.05, 0) is 43.1 Å². The Morgan fingerprint density at radius 2 is 1.88 bits per heavy atom. The van der Waals surface area contributed by atoms with Crippen LogP contribution < -0.4 is 0 Å². The zero-order chi connectivity index (χ0) is 24.8. The molecule has 0 spiro atoms.